The van der Waals surface area contributed by atoms with E-state index in [9.17, 15) is 9.59 Å². The third-order valence-electron chi connectivity index (χ3n) is 6.88. The van der Waals surface area contributed by atoms with Crippen molar-refractivity contribution < 1.29 is 19.1 Å². The smallest absolute Gasteiger partial charge is 0.414 e. The molecule has 1 aliphatic heterocycles. The minimum absolute atomic E-state index is 0.0434. The molecule has 3 aromatic rings. The Hall–Kier alpha value is -3.14. The molecule has 1 aliphatic rings. The lowest BCUT2D eigenvalue weighted by Gasteiger charge is -2.22. The average Bonchev–Trinajstić information content (AvgIpc) is 3.52. The molecule has 4 rings (SSSR count). The van der Waals surface area contributed by atoms with Crippen LogP contribution in [-0.2, 0) is 11.3 Å². The van der Waals surface area contributed by atoms with Crippen LogP contribution in [0.1, 0.15) is 38.7 Å². The third kappa shape index (κ3) is 9.21. The van der Waals surface area contributed by atoms with E-state index < -0.39 is 12.1 Å². The Morgan fingerprint density at radius 1 is 1.12 bits per heavy atom. The molecule has 0 saturated carbocycles. The maximum atomic E-state index is 13.2. The van der Waals surface area contributed by atoms with Gasteiger partial charge in [-0.1, -0.05) is 55.5 Å². The first kappa shape index (κ1) is 29.8. The molecule has 2 atom stereocenters. The number of thiophene rings is 1. The average molecular weight is 567 g/mol. The number of ether oxygens (including phenoxy) is 2. The number of carbonyl (C=O) groups is 2. The summed E-state index contributed by atoms with van der Waals surface area (Å²) in [5, 5.41) is 7.50. The van der Waals surface area contributed by atoms with Crippen molar-refractivity contribution in [3.05, 3.63) is 60.2 Å². The topological polar surface area (TPSA) is 83.1 Å². The summed E-state index contributed by atoms with van der Waals surface area (Å²) in [6, 6.07) is 17.4. The molecule has 8 nitrogen and oxygen atoms in total. The van der Waals surface area contributed by atoms with E-state index in [0.717, 1.165) is 54.9 Å². The van der Waals surface area contributed by atoms with Crippen LogP contribution in [0.4, 0.5) is 4.79 Å². The fourth-order valence-electron chi connectivity index (χ4n) is 4.89. The van der Waals surface area contributed by atoms with Crippen molar-refractivity contribution in [2.45, 2.75) is 51.7 Å². The van der Waals surface area contributed by atoms with Crippen LogP contribution in [-0.4, -0.2) is 74.2 Å². The second-order valence-electron chi connectivity index (χ2n) is 11.2. The van der Waals surface area contributed by atoms with E-state index in [-0.39, 0.29) is 17.9 Å². The molecule has 2 amide bonds. The number of amides is 2. The fourth-order valence-corrected chi connectivity index (χ4v) is 5.80. The molecule has 216 valence electrons. The summed E-state index contributed by atoms with van der Waals surface area (Å²) < 4.78 is 12.4. The number of likely N-dealkylation sites (tertiary alicyclic amines) is 1. The van der Waals surface area contributed by atoms with Gasteiger partial charge in [-0.05, 0) is 68.4 Å². The van der Waals surface area contributed by atoms with Crippen molar-refractivity contribution in [2.75, 3.05) is 40.3 Å². The summed E-state index contributed by atoms with van der Waals surface area (Å²) in [6.45, 7) is 8.30. The number of rotatable bonds is 13. The molecule has 2 heterocycles. The Balaban J connectivity index is 1.23. The molecule has 2 N–H and O–H groups in total. The molecule has 1 saturated heterocycles. The van der Waals surface area contributed by atoms with E-state index >= 15 is 0 Å². The standard InChI is InChI=1S/C31H42N4O4S/c1-22(2)18-27(33-31(37)39-29-19-24-8-5-6-9-28(24)40-29)30(36)32-25-14-16-35(21-25)20-23-10-12-26(13-11-23)38-17-7-15-34(3)4/h5-6,8-13,19,22,25,27H,7,14-18,20-21H2,1-4H3,(H,32,36)(H,33,37)/t25-,27-/m0/s1. The fraction of sp³-hybridized carbons (Fsp3) is 0.484. The summed E-state index contributed by atoms with van der Waals surface area (Å²) in [5.41, 5.74) is 1.22. The number of benzene rings is 2. The van der Waals surface area contributed by atoms with Gasteiger partial charge in [-0.15, -0.1) is 0 Å². The molecular weight excluding hydrogens is 524 g/mol. The van der Waals surface area contributed by atoms with Gasteiger partial charge >= 0.3 is 6.09 Å². The predicted molar refractivity (Wildman–Crippen MR) is 161 cm³/mol. The quantitative estimate of drug-likeness (QED) is 0.279. The molecular formula is C31H42N4O4S. The summed E-state index contributed by atoms with van der Waals surface area (Å²) in [6.07, 6.45) is 1.80. The Labute approximate surface area is 241 Å². The Morgan fingerprint density at radius 2 is 1.90 bits per heavy atom. The Kier molecular flexibility index (Phi) is 10.8. The van der Waals surface area contributed by atoms with E-state index in [2.05, 4.69) is 46.7 Å². The number of hydrogen-bond acceptors (Lipinski definition) is 7. The van der Waals surface area contributed by atoms with E-state index in [1.54, 1.807) is 0 Å². The summed E-state index contributed by atoms with van der Waals surface area (Å²) >= 11 is 1.41. The van der Waals surface area contributed by atoms with Crippen LogP contribution in [0, 0.1) is 5.92 Å². The largest absolute Gasteiger partial charge is 0.494 e. The van der Waals surface area contributed by atoms with Crippen molar-refractivity contribution in [3.8, 4) is 10.8 Å². The molecule has 40 heavy (non-hydrogen) atoms. The zero-order chi connectivity index (χ0) is 28.5. The van der Waals surface area contributed by atoms with Crippen molar-refractivity contribution in [3.63, 3.8) is 0 Å². The van der Waals surface area contributed by atoms with Crippen molar-refractivity contribution in [1.82, 2.24) is 20.4 Å². The van der Waals surface area contributed by atoms with Gasteiger partial charge in [0, 0.05) is 43.0 Å². The highest BCUT2D eigenvalue weighted by molar-refractivity contribution is 7.20. The number of fused-ring (bicyclic) bond motifs is 1. The van der Waals surface area contributed by atoms with Gasteiger partial charge in [0.05, 0.1) is 6.61 Å². The second-order valence-corrected chi connectivity index (χ2v) is 12.2. The highest BCUT2D eigenvalue weighted by Gasteiger charge is 2.29. The Bertz CT molecular complexity index is 1210. The van der Waals surface area contributed by atoms with Crippen molar-refractivity contribution in [2.24, 2.45) is 5.92 Å². The van der Waals surface area contributed by atoms with Gasteiger partial charge in [-0.3, -0.25) is 9.69 Å². The predicted octanol–water partition coefficient (Wildman–Crippen LogP) is 5.13. The van der Waals surface area contributed by atoms with E-state index in [1.807, 2.05) is 56.3 Å². The lowest BCUT2D eigenvalue weighted by atomic mass is 10.0. The SMILES string of the molecule is CC(C)C[C@H](NC(=O)Oc1cc2ccccc2s1)C(=O)N[C@H]1CCN(Cc2ccc(OCCCN(C)C)cc2)C1. The lowest BCUT2D eigenvalue weighted by Crippen LogP contribution is -2.51. The first-order chi connectivity index (χ1) is 19.2. The maximum Gasteiger partial charge on any atom is 0.414 e. The van der Waals surface area contributed by atoms with Gasteiger partial charge < -0.3 is 25.0 Å². The van der Waals surface area contributed by atoms with Gasteiger partial charge in [0.1, 0.15) is 11.8 Å². The van der Waals surface area contributed by atoms with Crippen LogP contribution in [0.3, 0.4) is 0 Å². The van der Waals surface area contributed by atoms with E-state index in [4.69, 9.17) is 9.47 Å². The van der Waals surface area contributed by atoms with Gasteiger partial charge in [0.2, 0.25) is 5.91 Å². The normalized spacial score (nSPS) is 16.4. The maximum absolute atomic E-state index is 13.2. The van der Waals surface area contributed by atoms with Crippen LogP contribution in [0.5, 0.6) is 10.8 Å². The second kappa shape index (κ2) is 14.5. The molecule has 0 radical (unpaired) electrons. The monoisotopic (exact) mass is 566 g/mol. The molecule has 0 aliphatic carbocycles. The van der Waals surface area contributed by atoms with Crippen LogP contribution in [0.2, 0.25) is 0 Å². The molecule has 1 aromatic heterocycles. The zero-order valence-electron chi connectivity index (χ0n) is 24.0. The van der Waals surface area contributed by atoms with Gasteiger partial charge in [-0.2, -0.15) is 0 Å². The van der Waals surface area contributed by atoms with Gasteiger partial charge in [0.25, 0.3) is 0 Å². The molecule has 0 spiro atoms. The molecule has 0 bridgehead atoms. The first-order valence-corrected chi connectivity index (χ1v) is 14.9. The minimum Gasteiger partial charge on any atom is -0.494 e. The van der Waals surface area contributed by atoms with E-state index in [0.29, 0.717) is 18.1 Å². The van der Waals surface area contributed by atoms with E-state index in [1.165, 1.54) is 16.9 Å². The summed E-state index contributed by atoms with van der Waals surface area (Å²) in [5.74, 6) is 0.966. The van der Waals surface area contributed by atoms with Crippen molar-refractivity contribution >= 4 is 33.4 Å². The number of carbonyl (C=O) groups excluding carboxylic acids is 2. The molecule has 9 heteroatoms. The Morgan fingerprint density at radius 3 is 2.62 bits per heavy atom. The van der Waals surface area contributed by atoms with Crippen LogP contribution in [0.25, 0.3) is 10.1 Å². The first-order valence-electron chi connectivity index (χ1n) is 14.1. The third-order valence-corrected chi connectivity index (χ3v) is 7.87. The molecule has 1 fully saturated rings. The number of nitrogens with one attached hydrogen (secondary N) is 2. The lowest BCUT2D eigenvalue weighted by molar-refractivity contribution is -0.124. The van der Waals surface area contributed by atoms with Crippen molar-refractivity contribution in [1.29, 1.82) is 0 Å². The van der Waals surface area contributed by atoms with Crippen LogP contribution in [0.15, 0.2) is 54.6 Å². The van der Waals surface area contributed by atoms with Gasteiger partial charge in [0.15, 0.2) is 5.06 Å². The highest BCUT2D eigenvalue weighted by atomic mass is 32.1. The summed E-state index contributed by atoms with van der Waals surface area (Å²) in [4.78, 5) is 30.4. The van der Waals surface area contributed by atoms with Gasteiger partial charge in [-0.25, -0.2) is 4.79 Å². The summed E-state index contributed by atoms with van der Waals surface area (Å²) in [7, 11) is 4.13. The highest BCUT2D eigenvalue weighted by Crippen LogP contribution is 2.31. The molecule has 2 aromatic carbocycles. The number of hydrogen-bond donors (Lipinski definition) is 2. The zero-order valence-corrected chi connectivity index (χ0v) is 24.8. The molecule has 0 unspecified atom stereocenters. The minimum atomic E-state index is -0.652. The number of nitrogens with zero attached hydrogens (tertiary/aromatic N) is 2. The van der Waals surface area contributed by atoms with Crippen LogP contribution < -0.4 is 20.1 Å². The van der Waals surface area contributed by atoms with Crippen LogP contribution >= 0.6 is 11.3 Å².